The number of ether oxygens (including phenoxy) is 2. The topological polar surface area (TPSA) is 61.8 Å². The molecule has 2 aliphatic rings. The Morgan fingerprint density at radius 3 is 2.38 bits per heavy atom. The summed E-state index contributed by atoms with van der Waals surface area (Å²) in [6.07, 6.45) is 3.76. The molecular weight excluding hydrogens is 499 g/mol. The lowest BCUT2D eigenvalue weighted by Gasteiger charge is -2.42. The lowest BCUT2D eigenvalue weighted by Crippen LogP contribution is -2.51. The smallest absolute Gasteiger partial charge is 0.310 e. The first-order chi connectivity index (χ1) is 13.1. The van der Waals surface area contributed by atoms with Gasteiger partial charge in [0.15, 0.2) is 8.32 Å². The average Bonchev–Trinajstić information content (AvgIpc) is 2.77. The van der Waals surface area contributed by atoms with Crippen LogP contribution in [0.4, 0.5) is 0 Å². The van der Waals surface area contributed by atoms with Crippen molar-refractivity contribution in [2.24, 2.45) is 11.8 Å². The second kappa shape index (κ2) is 8.77. The summed E-state index contributed by atoms with van der Waals surface area (Å²) >= 11 is 2.46. The van der Waals surface area contributed by atoms with Crippen molar-refractivity contribution in [3.63, 3.8) is 0 Å². The normalized spacial score (nSPS) is 31.1. The quantitative estimate of drug-likeness (QED) is 0.196. The minimum Gasteiger partial charge on any atom is -0.460 e. The predicted molar refractivity (Wildman–Crippen MR) is 126 cm³/mol. The molecule has 1 aliphatic carbocycles. The Hall–Kier alpha value is -0.153. The molecule has 0 radical (unpaired) electrons. The molecule has 1 saturated carbocycles. The van der Waals surface area contributed by atoms with Gasteiger partial charge in [0, 0.05) is 16.3 Å². The number of halogens is 1. The zero-order valence-corrected chi connectivity index (χ0v) is 22.6. The zero-order valence-electron chi connectivity index (χ0n) is 19.4. The second-order valence-electron chi connectivity index (χ2n) is 11.3. The van der Waals surface area contributed by atoms with Crippen molar-refractivity contribution >= 4 is 42.8 Å². The van der Waals surface area contributed by atoms with Crippen LogP contribution in [-0.4, -0.2) is 42.0 Å². The maximum absolute atomic E-state index is 12.9. The van der Waals surface area contributed by atoms with Crippen LogP contribution in [0, 0.1) is 11.8 Å². The van der Waals surface area contributed by atoms with E-state index in [-0.39, 0.29) is 35.2 Å². The van der Waals surface area contributed by atoms with Gasteiger partial charge in [0.1, 0.15) is 11.2 Å². The number of hydrogen-bond donors (Lipinski definition) is 0. The first-order valence-corrected chi connectivity index (χ1v) is 14.9. The number of carbonyl (C=O) groups is 2. The maximum Gasteiger partial charge on any atom is 0.310 e. The number of hydrogen-bond acceptors (Lipinski definition) is 5. The van der Waals surface area contributed by atoms with E-state index in [1.165, 1.54) is 0 Å². The highest BCUT2D eigenvalue weighted by atomic mass is 127. The summed E-state index contributed by atoms with van der Waals surface area (Å²) in [6.45, 7) is 17.0. The minimum absolute atomic E-state index is 0.0671. The molecule has 0 spiro atoms. The van der Waals surface area contributed by atoms with Crippen molar-refractivity contribution in [1.82, 2.24) is 0 Å². The van der Waals surface area contributed by atoms with E-state index >= 15 is 0 Å². The fourth-order valence-corrected chi connectivity index (χ4v) is 6.26. The molecule has 1 saturated heterocycles. The van der Waals surface area contributed by atoms with E-state index in [4.69, 9.17) is 13.9 Å². The summed E-state index contributed by atoms with van der Waals surface area (Å²) < 4.78 is 18.7. The van der Waals surface area contributed by atoms with Crippen LogP contribution < -0.4 is 0 Å². The van der Waals surface area contributed by atoms with Crippen molar-refractivity contribution < 1.29 is 23.5 Å². The van der Waals surface area contributed by atoms with Crippen LogP contribution in [0.5, 0.6) is 0 Å². The van der Waals surface area contributed by atoms with Crippen LogP contribution in [0.15, 0.2) is 0 Å². The monoisotopic (exact) mass is 538 g/mol. The Balaban J connectivity index is 2.32. The Morgan fingerprint density at radius 1 is 1.21 bits per heavy atom. The Labute approximate surface area is 191 Å². The molecule has 7 heteroatoms. The molecular formula is C22H39IO5Si. The van der Waals surface area contributed by atoms with Gasteiger partial charge in [0.2, 0.25) is 0 Å². The Bertz CT molecular complexity index is 622. The number of fused-ring (bicyclic) bond motifs is 2. The summed E-state index contributed by atoms with van der Waals surface area (Å²) in [5.41, 5.74) is -1.28. The van der Waals surface area contributed by atoms with E-state index < -0.39 is 19.5 Å². The van der Waals surface area contributed by atoms with Crippen LogP contribution >= 0.6 is 22.6 Å². The standard InChI is InChI=1S/C22H39IO5Si/c1-20(2,3)27-18(24)12-17-16-11-9-10-15(23)13-22(17,28-19(16)25)14-26-29(7,8)21(4,5)6/h15-17H,9-14H2,1-8H3/t15-,16-,17+,22-/m0/s1. The van der Waals surface area contributed by atoms with Gasteiger partial charge in [0.25, 0.3) is 0 Å². The average molecular weight is 539 g/mol. The number of rotatable bonds is 5. The molecule has 1 heterocycles. The van der Waals surface area contributed by atoms with Gasteiger partial charge in [-0.25, -0.2) is 0 Å². The van der Waals surface area contributed by atoms with Gasteiger partial charge in [0.05, 0.1) is 18.9 Å². The van der Waals surface area contributed by atoms with Gasteiger partial charge in [-0.1, -0.05) is 49.8 Å². The SMILES string of the molecule is CC(C)(C)OC(=O)C[C@@H]1[C@@H]2CCC[C@H](I)C[C@@]1(CO[Si](C)(C)C(C)(C)C)OC2=O. The second-order valence-corrected chi connectivity index (χ2v) is 17.8. The van der Waals surface area contributed by atoms with E-state index in [1.54, 1.807) is 0 Å². The molecule has 1 aliphatic heterocycles. The van der Waals surface area contributed by atoms with Crippen molar-refractivity contribution in [3.8, 4) is 0 Å². The molecule has 0 amide bonds. The minimum atomic E-state index is -2.02. The molecule has 0 aromatic heterocycles. The first-order valence-electron chi connectivity index (χ1n) is 10.8. The van der Waals surface area contributed by atoms with Gasteiger partial charge in [-0.3, -0.25) is 9.59 Å². The third-order valence-corrected chi connectivity index (χ3v) is 12.2. The first kappa shape index (κ1) is 25.1. The van der Waals surface area contributed by atoms with E-state index in [9.17, 15) is 9.59 Å². The van der Waals surface area contributed by atoms with Gasteiger partial charge in [-0.15, -0.1) is 0 Å². The molecule has 0 aromatic carbocycles. The van der Waals surface area contributed by atoms with Crippen molar-refractivity contribution in [2.45, 2.75) is 107 Å². The molecule has 0 N–H and O–H groups in total. The maximum atomic E-state index is 12.9. The molecule has 2 rings (SSSR count). The zero-order chi connectivity index (χ0) is 22.3. The van der Waals surface area contributed by atoms with Crippen LogP contribution in [0.25, 0.3) is 0 Å². The highest BCUT2D eigenvalue weighted by Gasteiger charge is 2.58. The van der Waals surface area contributed by atoms with Gasteiger partial charge in [-0.2, -0.15) is 0 Å². The van der Waals surface area contributed by atoms with E-state index in [0.717, 1.165) is 25.7 Å². The molecule has 5 nitrogen and oxygen atoms in total. The summed E-state index contributed by atoms with van der Waals surface area (Å²) in [6, 6.07) is 0. The molecule has 2 fully saturated rings. The van der Waals surface area contributed by atoms with Crippen molar-refractivity contribution in [3.05, 3.63) is 0 Å². The van der Waals surface area contributed by atoms with E-state index in [1.807, 2.05) is 20.8 Å². The molecule has 0 unspecified atom stereocenters. The van der Waals surface area contributed by atoms with E-state index in [2.05, 4.69) is 56.5 Å². The van der Waals surface area contributed by atoms with Gasteiger partial charge in [-0.05, 0) is 51.7 Å². The summed E-state index contributed by atoms with van der Waals surface area (Å²) in [5, 5.41) is 0.0671. The lowest BCUT2D eigenvalue weighted by atomic mass is 9.73. The van der Waals surface area contributed by atoms with E-state index in [0.29, 0.717) is 10.5 Å². The van der Waals surface area contributed by atoms with Crippen molar-refractivity contribution in [2.75, 3.05) is 6.61 Å². The Kier molecular flexibility index (Phi) is 7.59. The van der Waals surface area contributed by atoms with Gasteiger partial charge >= 0.3 is 11.9 Å². The molecule has 168 valence electrons. The number of alkyl halides is 1. The highest BCUT2D eigenvalue weighted by molar-refractivity contribution is 14.1. The van der Waals surface area contributed by atoms with Crippen LogP contribution in [-0.2, 0) is 23.5 Å². The highest BCUT2D eigenvalue weighted by Crippen LogP contribution is 2.49. The predicted octanol–water partition coefficient (Wildman–Crippen LogP) is 5.65. The largest absolute Gasteiger partial charge is 0.460 e. The lowest BCUT2D eigenvalue weighted by molar-refractivity contribution is -0.162. The number of esters is 2. The van der Waals surface area contributed by atoms with Crippen molar-refractivity contribution in [1.29, 1.82) is 0 Å². The molecule has 2 bridgehead atoms. The summed E-state index contributed by atoms with van der Waals surface area (Å²) in [7, 11) is -2.02. The number of carbonyl (C=O) groups excluding carboxylic acids is 2. The molecule has 0 aromatic rings. The fraction of sp³-hybridized carbons (Fsp3) is 0.909. The third kappa shape index (κ3) is 6.18. The van der Waals surface area contributed by atoms with Crippen LogP contribution in [0.3, 0.4) is 0 Å². The molecule has 4 atom stereocenters. The van der Waals surface area contributed by atoms with Crippen LogP contribution in [0.2, 0.25) is 18.1 Å². The fourth-order valence-electron chi connectivity index (χ4n) is 4.04. The summed E-state index contributed by atoms with van der Waals surface area (Å²) in [5.74, 6) is -0.849. The third-order valence-electron chi connectivity index (χ3n) is 6.66. The van der Waals surface area contributed by atoms with Crippen LogP contribution in [0.1, 0.15) is 73.6 Å². The van der Waals surface area contributed by atoms with Gasteiger partial charge < -0.3 is 13.9 Å². The Morgan fingerprint density at radius 2 is 1.83 bits per heavy atom. The summed E-state index contributed by atoms with van der Waals surface area (Å²) in [4.78, 5) is 25.6. The molecule has 29 heavy (non-hydrogen) atoms.